The van der Waals surface area contributed by atoms with E-state index in [2.05, 4.69) is 5.32 Å². The molecule has 1 N–H and O–H groups in total. The zero-order chi connectivity index (χ0) is 19.3. The van der Waals surface area contributed by atoms with Crippen LogP contribution < -0.4 is 5.32 Å². The third-order valence-electron chi connectivity index (χ3n) is 4.24. The molecule has 0 aromatic heterocycles. The molecule has 0 heterocycles. The number of amides is 1. The van der Waals surface area contributed by atoms with Crippen LogP contribution in [0.3, 0.4) is 0 Å². The highest BCUT2D eigenvalue weighted by Crippen LogP contribution is 2.20. The van der Waals surface area contributed by atoms with Gasteiger partial charge in [0.15, 0.2) is 0 Å². The van der Waals surface area contributed by atoms with Gasteiger partial charge in [-0.2, -0.15) is 4.31 Å². The number of nitrogens with zero attached hydrogens (tertiary/aromatic N) is 1. The number of anilines is 1. The molecular weight excluding hydrogens is 372 g/mol. The number of carbonyl (C=O) groups is 1. The monoisotopic (exact) mass is 394 g/mol. The minimum Gasteiger partial charge on any atom is -0.326 e. The largest absolute Gasteiger partial charge is 0.326 e. The fourth-order valence-corrected chi connectivity index (χ4v) is 3.50. The Hall–Kier alpha value is -1.89. The van der Waals surface area contributed by atoms with Gasteiger partial charge in [-0.3, -0.25) is 4.79 Å². The van der Waals surface area contributed by atoms with E-state index < -0.39 is 10.0 Å². The maximum absolute atomic E-state index is 12.3. The summed E-state index contributed by atoms with van der Waals surface area (Å²) in [7, 11) is -3.47. The summed E-state index contributed by atoms with van der Waals surface area (Å²) in [5.74, 6) is -0.230. The average molecular weight is 395 g/mol. The lowest BCUT2D eigenvalue weighted by Crippen LogP contribution is -2.32. The zero-order valence-electron chi connectivity index (χ0n) is 15.1. The molecule has 0 atom stereocenters. The maximum Gasteiger partial charge on any atom is 0.225 e. The lowest BCUT2D eigenvalue weighted by atomic mass is 10.1. The van der Waals surface area contributed by atoms with Crippen LogP contribution in [0.15, 0.2) is 42.5 Å². The number of carbonyl (C=O) groups excluding carboxylic acids is 1. The van der Waals surface area contributed by atoms with Gasteiger partial charge in [0.25, 0.3) is 0 Å². The molecule has 0 aliphatic carbocycles. The Bertz CT molecular complexity index is 897. The number of halogens is 1. The number of hydrogen-bond donors (Lipinski definition) is 1. The van der Waals surface area contributed by atoms with E-state index >= 15 is 0 Å². The number of nitrogens with one attached hydrogen (secondary N) is 1. The van der Waals surface area contributed by atoms with Gasteiger partial charge in [0.2, 0.25) is 15.9 Å². The number of hydrogen-bond acceptors (Lipinski definition) is 3. The average Bonchev–Trinajstić information content (AvgIpc) is 2.56. The first-order valence-electron chi connectivity index (χ1n) is 8.23. The van der Waals surface area contributed by atoms with Crippen molar-refractivity contribution in [2.24, 2.45) is 0 Å². The van der Waals surface area contributed by atoms with E-state index in [4.69, 9.17) is 11.6 Å². The summed E-state index contributed by atoms with van der Waals surface area (Å²) in [6.45, 7) is 4.13. The molecule has 0 saturated carbocycles. The Morgan fingerprint density at radius 1 is 1.12 bits per heavy atom. The summed E-state index contributed by atoms with van der Waals surface area (Å²) >= 11 is 6.12. The Kier molecular flexibility index (Phi) is 6.81. The third kappa shape index (κ3) is 5.56. The smallest absolute Gasteiger partial charge is 0.225 e. The van der Waals surface area contributed by atoms with Crippen LogP contribution in [0.1, 0.15) is 23.1 Å². The van der Waals surface area contributed by atoms with E-state index in [1.54, 1.807) is 24.3 Å². The molecule has 5 nitrogen and oxygen atoms in total. The van der Waals surface area contributed by atoms with Crippen LogP contribution in [0.4, 0.5) is 5.69 Å². The van der Waals surface area contributed by atoms with E-state index in [1.165, 1.54) is 4.31 Å². The fourth-order valence-electron chi connectivity index (χ4n) is 2.50. The molecule has 0 saturated heterocycles. The molecule has 0 aliphatic rings. The summed E-state index contributed by atoms with van der Waals surface area (Å²) in [6.07, 6.45) is 1.19. The van der Waals surface area contributed by atoms with Gasteiger partial charge in [0, 0.05) is 30.2 Å². The van der Waals surface area contributed by atoms with Crippen molar-refractivity contribution < 1.29 is 13.2 Å². The van der Waals surface area contributed by atoms with Crippen molar-refractivity contribution in [3.63, 3.8) is 0 Å². The van der Waals surface area contributed by atoms with E-state index in [9.17, 15) is 13.2 Å². The lowest BCUT2D eigenvalue weighted by molar-refractivity contribution is -0.116. The SMILES string of the molecule is Cc1cccc(NC(=O)CCN(Cc2ccccc2Cl)S(C)(=O)=O)c1C. The van der Waals surface area contributed by atoms with Crippen LogP contribution in [0, 0.1) is 13.8 Å². The fraction of sp³-hybridized carbons (Fsp3) is 0.316. The highest BCUT2D eigenvalue weighted by molar-refractivity contribution is 7.88. The van der Waals surface area contributed by atoms with Gasteiger partial charge in [-0.15, -0.1) is 0 Å². The minimum absolute atomic E-state index is 0.0604. The summed E-state index contributed by atoms with van der Waals surface area (Å²) in [5, 5.41) is 3.35. The molecule has 2 aromatic rings. The normalized spacial score (nSPS) is 11.6. The van der Waals surface area contributed by atoms with Crippen molar-refractivity contribution in [3.8, 4) is 0 Å². The van der Waals surface area contributed by atoms with Crippen molar-refractivity contribution in [3.05, 3.63) is 64.2 Å². The molecule has 0 spiro atoms. The Morgan fingerprint density at radius 2 is 1.81 bits per heavy atom. The molecule has 26 heavy (non-hydrogen) atoms. The first-order chi connectivity index (χ1) is 12.2. The first kappa shape index (κ1) is 20.4. The van der Waals surface area contributed by atoms with Crippen molar-refractivity contribution in [1.29, 1.82) is 0 Å². The second kappa shape index (κ2) is 8.66. The van der Waals surface area contributed by atoms with Crippen molar-refractivity contribution in [2.75, 3.05) is 18.1 Å². The van der Waals surface area contributed by atoms with Crippen LogP contribution in [0.2, 0.25) is 5.02 Å². The Balaban J connectivity index is 2.04. The van der Waals surface area contributed by atoms with Crippen molar-refractivity contribution in [2.45, 2.75) is 26.8 Å². The van der Waals surface area contributed by atoms with Crippen LogP contribution in [-0.4, -0.2) is 31.4 Å². The van der Waals surface area contributed by atoms with E-state index in [0.29, 0.717) is 10.6 Å². The predicted octanol–water partition coefficient (Wildman–Crippen LogP) is 3.75. The minimum atomic E-state index is -3.47. The Labute approximate surface area is 160 Å². The van der Waals surface area contributed by atoms with Crippen LogP contribution in [0.5, 0.6) is 0 Å². The van der Waals surface area contributed by atoms with Crippen LogP contribution >= 0.6 is 11.6 Å². The van der Waals surface area contributed by atoms with Gasteiger partial charge in [0.1, 0.15) is 0 Å². The molecule has 1 amide bonds. The molecule has 140 valence electrons. The molecule has 0 unspecified atom stereocenters. The van der Waals surface area contributed by atoms with Gasteiger partial charge >= 0.3 is 0 Å². The third-order valence-corrected chi connectivity index (χ3v) is 5.86. The van der Waals surface area contributed by atoms with Gasteiger partial charge in [-0.1, -0.05) is 41.9 Å². The second-order valence-electron chi connectivity index (χ2n) is 6.23. The zero-order valence-corrected chi connectivity index (χ0v) is 16.7. The number of sulfonamides is 1. The quantitative estimate of drug-likeness (QED) is 0.777. The summed E-state index contributed by atoms with van der Waals surface area (Å²) in [5.41, 5.74) is 3.53. The van der Waals surface area contributed by atoms with Gasteiger partial charge in [0.05, 0.1) is 6.26 Å². The molecule has 0 aliphatic heterocycles. The summed E-state index contributed by atoms with van der Waals surface area (Å²) < 4.78 is 25.4. The van der Waals surface area contributed by atoms with Gasteiger partial charge < -0.3 is 5.32 Å². The maximum atomic E-state index is 12.3. The van der Waals surface area contributed by atoms with Gasteiger partial charge in [-0.25, -0.2) is 8.42 Å². The molecule has 7 heteroatoms. The molecule has 0 fully saturated rings. The molecular formula is C19H23ClN2O3S. The second-order valence-corrected chi connectivity index (χ2v) is 8.62. The molecule has 2 aromatic carbocycles. The topological polar surface area (TPSA) is 66.5 Å². The molecule has 2 rings (SSSR count). The number of aryl methyl sites for hydroxylation is 1. The lowest BCUT2D eigenvalue weighted by Gasteiger charge is -2.20. The predicted molar refractivity (Wildman–Crippen MR) is 106 cm³/mol. The van der Waals surface area contributed by atoms with E-state index in [0.717, 1.165) is 23.1 Å². The number of rotatable bonds is 7. The summed E-state index contributed by atoms with van der Waals surface area (Å²) in [4.78, 5) is 12.3. The highest BCUT2D eigenvalue weighted by Gasteiger charge is 2.19. The van der Waals surface area contributed by atoms with Crippen LogP contribution in [-0.2, 0) is 21.4 Å². The summed E-state index contributed by atoms with van der Waals surface area (Å²) in [6, 6.07) is 12.8. The standard InChI is InChI=1S/C19H23ClN2O3S/c1-14-7-6-10-18(15(14)2)21-19(23)11-12-22(26(3,24)25)13-16-8-4-5-9-17(16)20/h4-10H,11-13H2,1-3H3,(H,21,23). The molecule has 0 radical (unpaired) electrons. The molecule has 0 bridgehead atoms. The van der Waals surface area contributed by atoms with Crippen LogP contribution in [0.25, 0.3) is 0 Å². The van der Waals surface area contributed by atoms with Crippen molar-refractivity contribution >= 4 is 33.2 Å². The highest BCUT2D eigenvalue weighted by atomic mass is 35.5. The van der Waals surface area contributed by atoms with E-state index in [-0.39, 0.29) is 25.4 Å². The Morgan fingerprint density at radius 3 is 2.46 bits per heavy atom. The van der Waals surface area contributed by atoms with E-state index in [1.807, 2.05) is 32.0 Å². The van der Waals surface area contributed by atoms with Gasteiger partial charge in [-0.05, 0) is 42.7 Å². The van der Waals surface area contributed by atoms with Crippen molar-refractivity contribution in [1.82, 2.24) is 4.31 Å². The number of benzene rings is 2. The first-order valence-corrected chi connectivity index (χ1v) is 10.5.